The molecule has 142 valence electrons. The molecule has 0 saturated carbocycles. The Morgan fingerprint density at radius 3 is 1.08 bits per heavy atom. The monoisotopic (exact) mass is 464 g/mol. The van der Waals surface area contributed by atoms with Crippen molar-refractivity contribution in [3.05, 3.63) is 60.4 Å². The summed E-state index contributed by atoms with van der Waals surface area (Å²) in [4.78, 5) is 0. The van der Waals surface area contributed by atoms with E-state index >= 15 is 0 Å². The molecule has 0 fully saturated rings. The second kappa shape index (κ2) is 28.4. The van der Waals surface area contributed by atoms with Gasteiger partial charge in [-0.2, -0.15) is 24.0 Å². The predicted molar refractivity (Wildman–Crippen MR) is 116 cm³/mol. The molecule has 0 aromatic rings. The molecule has 2 aliphatic rings. The van der Waals surface area contributed by atoms with E-state index in [0.717, 1.165) is 25.7 Å². The zero-order chi connectivity index (χ0) is 18.0. The van der Waals surface area contributed by atoms with Crippen molar-refractivity contribution in [3.63, 3.8) is 0 Å². The molecule has 24 heavy (non-hydrogen) atoms. The van der Waals surface area contributed by atoms with Gasteiger partial charge in [-0.3, -0.25) is 12.2 Å². The molecule has 0 nitrogen and oxygen atoms in total. The van der Waals surface area contributed by atoms with Crippen molar-refractivity contribution in [3.8, 4) is 0 Å². The van der Waals surface area contributed by atoms with Gasteiger partial charge in [-0.05, 0) is 0 Å². The molecule has 0 atom stereocenters. The van der Waals surface area contributed by atoms with Gasteiger partial charge < -0.3 is 13.8 Å². The van der Waals surface area contributed by atoms with Crippen molar-refractivity contribution in [2.75, 3.05) is 0 Å². The van der Waals surface area contributed by atoms with Crippen LogP contribution >= 0.6 is 24.8 Å². The number of hydrogen-bond acceptors (Lipinski definition) is 0. The zero-order valence-electron chi connectivity index (χ0n) is 16.4. The van der Waals surface area contributed by atoms with Crippen LogP contribution in [-0.4, -0.2) is 6.88 Å². The third-order valence-electron chi connectivity index (χ3n) is 2.22. The first-order chi connectivity index (χ1) is 10.4. The molecule has 0 N–H and O–H groups in total. The Balaban J connectivity index is -0.0000000671. The Kier molecular flexibility index (Phi) is 42.3. The quantitative estimate of drug-likeness (QED) is 0.280. The molecule has 0 spiro atoms. The number of allylic oxidation sites excluding steroid dienone is 8. The summed E-state index contributed by atoms with van der Waals surface area (Å²) in [7, 11) is 0. The van der Waals surface area contributed by atoms with E-state index in [1.807, 2.05) is 20.7 Å². The van der Waals surface area contributed by atoms with Crippen LogP contribution in [0.4, 0.5) is 0 Å². The van der Waals surface area contributed by atoms with Crippen molar-refractivity contribution in [2.24, 2.45) is 0 Å². The topological polar surface area (TPSA) is 0 Å². The van der Waals surface area contributed by atoms with Crippen LogP contribution in [0, 0.1) is 26.0 Å². The van der Waals surface area contributed by atoms with Gasteiger partial charge in [-0.25, -0.2) is 23.3 Å². The van der Waals surface area contributed by atoms with E-state index in [-0.39, 0.29) is 24.8 Å². The Morgan fingerprint density at radius 1 is 0.833 bits per heavy atom. The Morgan fingerprint density at radius 2 is 1.04 bits per heavy atom. The third kappa shape index (κ3) is 30.5. The molecule has 0 amide bonds. The molecular weight excluding hydrogens is 430 g/mol. The third-order valence-corrected chi connectivity index (χ3v) is 2.22. The second-order valence-corrected chi connectivity index (χ2v) is 5.05. The first kappa shape index (κ1) is 35.7. The fraction of sp³-hybridized carbons (Fsp3) is 0.500. The average molecular weight is 467 g/mol. The van der Waals surface area contributed by atoms with Crippen molar-refractivity contribution >= 4 is 31.7 Å². The van der Waals surface area contributed by atoms with Gasteiger partial charge in [0.25, 0.3) is 0 Å². The molecule has 2 rings (SSSR count). The van der Waals surface area contributed by atoms with E-state index in [9.17, 15) is 0 Å². The summed E-state index contributed by atoms with van der Waals surface area (Å²) in [6.07, 6.45) is 14.8. The van der Waals surface area contributed by atoms with Crippen molar-refractivity contribution in [1.82, 2.24) is 0 Å². The van der Waals surface area contributed by atoms with Gasteiger partial charge in [0.15, 0.2) is 0 Å². The van der Waals surface area contributed by atoms with E-state index in [1.165, 1.54) is 22.3 Å². The Bertz CT molecular complexity index is 347. The maximum absolute atomic E-state index is 3.49. The van der Waals surface area contributed by atoms with Crippen LogP contribution in [0.2, 0.25) is 0 Å². The molecule has 0 aliphatic heterocycles. The van der Waals surface area contributed by atoms with E-state index in [1.54, 1.807) is 23.3 Å². The van der Waals surface area contributed by atoms with E-state index in [2.05, 4.69) is 65.8 Å². The van der Waals surface area contributed by atoms with Gasteiger partial charge in [-0.1, -0.05) is 41.5 Å². The Hall–Kier alpha value is 0.640. The fourth-order valence-electron chi connectivity index (χ4n) is 1.50. The van der Waals surface area contributed by atoms with Crippen LogP contribution in [-0.2, 0) is 23.3 Å². The summed E-state index contributed by atoms with van der Waals surface area (Å²) in [6.45, 7) is 21.4. The van der Waals surface area contributed by atoms with Gasteiger partial charge in [0.1, 0.15) is 0 Å². The number of halogens is 2. The summed E-state index contributed by atoms with van der Waals surface area (Å²) in [5.41, 5.74) is 5.44. The van der Waals surface area contributed by atoms with E-state index < -0.39 is 0 Å². The SMILES string of the molecule is CC1=[C-]CC(C)=C1.CC1=[C-]CC(C)=C1.Cl.Cl.[CH2-]CC.[CH2-]CC.[SiH2]=[Zr]. The standard InChI is InChI=1S/2C7H9.2C3H7.2ClH.H2Si.Zr/c2*1-6-3-4-7(2)5-6;2*1-3-2;;;;/h2*5H,3H2,1-2H3;2*1,3H2,2H3;2*1H;1H2;/q4*-1;;;;. The normalized spacial score (nSPS) is 12.8. The Labute approximate surface area is 181 Å². The summed E-state index contributed by atoms with van der Waals surface area (Å²) in [5.74, 6) is 0. The van der Waals surface area contributed by atoms with Gasteiger partial charge in [0.2, 0.25) is 0 Å². The van der Waals surface area contributed by atoms with Crippen molar-refractivity contribution in [2.45, 2.75) is 67.2 Å². The fourth-order valence-corrected chi connectivity index (χ4v) is 1.50. The van der Waals surface area contributed by atoms with Gasteiger partial charge >= 0.3 is 30.2 Å². The molecule has 0 heterocycles. The minimum absolute atomic E-state index is 0. The minimum atomic E-state index is 0. The molecule has 4 heteroatoms. The number of hydrogen-bond donors (Lipinski definition) is 0. The van der Waals surface area contributed by atoms with Gasteiger partial charge in [-0.15, -0.1) is 37.7 Å². The molecule has 0 aromatic carbocycles. The zero-order valence-corrected chi connectivity index (χ0v) is 21.9. The first-order valence-electron chi connectivity index (χ1n) is 7.84. The summed E-state index contributed by atoms with van der Waals surface area (Å²) in [6, 6.07) is 0. The van der Waals surface area contributed by atoms with Crippen molar-refractivity contribution in [1.29, 1.82) is 0 Å². The van der Waals surface area contributed by atoms with Crippen LogP contribution in [0.1, 0.15) is 67.2 Å². The summed E-state index contributed by atoms with van der Waals surface area (Å²) >= 11 is 1.58. The van der Waals surface area contributed by atoms with Crippen LogP contribution in [0.25, 0.3) is 0 Å². The van der Waals surface area contributed by atoms with Crippen LogP contribution in [0.15, 0.2) is 34.4 Å². The van der Waals surface area contributed by atoms with E-state index in [0.29, 0.717) is 0 Å². The van der Waals surface area contributed by atoms with Crippen LogP contribution < -0.4 is 0 Å². The van der Waals surface area contributed by atoms with E-state index in [4.69, 9.17) is 0 Å². The van der Waals surface area contributed by atoms with Crippen LogP contribution in [0.5, 0.6) is 0 Å². The van der Waals surface area contributed by atoms with Crippen molar-refractivity contribution < 1.29 is 23.3 Å². The molecule has 0 saturated heterocycles. The molecule has 0 aromatic heterocycles. The molecule has 0 radical (unpaired) electrons. The van der Waals surface area contributed by atoms with Gasteiger partial charge in [0.05, 0.1) is 0 Å². The second-order valence-electron chi connectivity index (χ2n) is 5.05. The number of rotatable bonds is 0. The molecule has 0 bridgehead atoms. The summed E-state index contributed by atoms with van der Waals surface area (Å²) < 4.78 is 0. The molecule has 2 aliphatic carbocycles. The first-order valence-corrected chi connectivity index (χ1v) is 13.8. The summed E-state index contributed by atoms with van der Waals surface area (Å²) in [5, 5.41) is 0. The average Bonchev–Trinajstić information content (AvgIpc) is 3.02. The maximum atomic E-state index is 3.49. The predicted octanol–water partition coefficient (Wildman–Crippen LogP) is 6.56. The van der Waals surface area contributed by atoms with Gasteiger partial charge in [0, 0.05) is 0 Å². The molecule has 0 unspecified atom stereocenters. The molecular formula is C20H36Cl2SiZr-4. The van der Waals surface area contributed by atoms with Crippen LogP contribution in [0.3, 0.4) is 0 Å².